The molecule has 0 saturated carbocycles. The summed E-state index contributed by atoms with van der Waals surface area (Å²) in [5.41, 5.74) is 1.93. The maximum atomic E-state index is 12.9. The van der Waals surface area contributed by atoms with E-state index in [0.717, 1.165) is 11.8 Å². The number of hydrogen-bond donors (Lipinski definition) is 2. The standard InChI is InChI=1S/C22H23FN2O5S/c1-14(26)19(12-21(28)31-2)25-22(29)30-13-16-5-9-18(10-6-16)24-20(27)11-15-3-7-17(23)8-4-15/h3-10,19H,11-13H2,1-2H3,(H,24,27)(H,25,29)/t19-/m0/s1. The molecule has 31 heavy (non-hydrogen) atoms. The number of halogens is 1. The van der Waals surface area contributed by atoms with Gasteiger partial charge in [-0.25, -0.2) is 9.18 Å². The fourth-order valence-electron chi connectivity index (χ4n) is 2.56. The monoisotopic (exact) mass is 446 g/mol. The summed E-state index contributed by atoms with van der Waals surface area (Å²) in [6.45, 7) is 1.25. The smallest absolute Gasteiger partial charge is 0.408 e. The fraction of sp³-hybridized carbons (Fsp3) is 0.273. The molecule has 0 saturated heterocycles. The van der Waals surface area contributed by atoms with Gasteiger partial charge in [-0.05, 0) is 48.6 Å². The van der Waals surface area contributed by atoms with Crippen LogP contribution in [0.3, 0.4) is 0 Å². The molecule has 0 heterocycles. The number of thioether (sulfide) groups is 1. The zero-order valence-electron chi connectivity index (χ0n) is 17.1. The van der Waals surface area contributed by atoms with Crippen molar-refractivity contribution in [3.63, 3.8) is 0 Å². The molecule has 0 fully saturated rings. The molecule has 2 rings (SSSR count). The number of anilines is 1. The van der Waals surface area contributed by atoms with Gasteiger partial charge in [-0.2, -0.15) is 0 Å². The summed E-state index contributed by atoms with van der Waals surface area (Å²) in [6.07, 6.45) is 0.817. The van der Waals surface area contributed by atoms with Gasteiger partial charge >= 0.3 is 6.09 Å². The topological polar surface area (TPSA) is 102 Å². The number of amides is 2. The van der Waals surface area contributed by atoms with Crippen molar-refractivity contribution >= 4 is 40.3 Å². The number of carbonyl (C=O) groups excluding carboxylic acids is 4. The van der Waals surface area contributed by atoms with Crippen LogP contribution in [0.4, 0.5) is 14.9 Å². The average molecular weight is 447 g/mol. The third kappa shape index (κ3) is 8.59. The van der Waals surface area contributed by atoms with Gasteiger partial charge in [0.05, 0.1) is 12.5 Å². The molecule has 0 radical (unpaired) electrons. The van der Waals surface area contributed by atoms with Crippen molar-refractivity contribution in [2.75, 3.05) is 11.6 Å². The Morgan fingerprint density at radius 3 is 2.19 bits per heavy atom. The minimum absolute atomic E-state index is 0.0449. The molecule has 0 spiro atoms. The highest BCUT2D eigenvalue weighted by atomic mass is 32.2. The fourth-order valence-corrected chi connectivity index (χ4v) is 2.89. The second kappa shape index (κ2) is 11.8. The third-order valence-electron chi connectivity index (χ3n) is 4.27. The molecule has 0 aromatic heterocycles. The highest BCUT2D eigenvalue weighted by Gasteiger charge is 2.21. The lowest BCUT2D eigenvalue weighted by atomic mass is 10.1. The first-order valence-corrected chi connectivity index (χ1v) is 10.6. The lowest BCUT2D eigenvalue weighted by Gasteiger charge is -2.15. The summed E-state index contributed by atoms with van der Waals surface area (Å²) in [7, 11) is 0. The van der Waals surface area contributed by atoms with E-state index in [1.165, 1.54) is 19.1 Å². The van der Waals surface area contributed by atoms with E-state index in [1.54, 1.807) is 42.7 Å². The second-order valence-corrected chi connectivity index (χ2v) is 7.58. The van der Waals surface area contributed by atoms with Gasteiger partial charge in [0.15, 0.2) is 10.9 Å². The van der Waals surface area contributed by atoms with Crippen molar-refractivity contribution in [1.29, 1.82) is 0 Å². The Morgan fingerprint density at radius 1 is 1.00 bits per heavy atom. The Labute approximate surface area is 183 Å². The Bertz CT molecular complexity index is 932. The normalized spacial score (nSPS) is 11.3. The van der Waals surface area contributed by atoms with E-state index < -0.39 is 12.1 Å². The highest BCUT2D eigenvalue weighted by molar-refractivity contribution is 8.13. The van der Waals surface area contributed by atoms with E-state index in [1.807, 2.05) is 0 Å². The minimum Gasteiger partial charge on any atom is -0.445 e. The van der Waals surface area contributed by atoms with Crippen molar-refractivity contribution in [2.45, 2.75) is 32.4 Å². The number of ether oxygens (including phenoxy) is 1. The molecule has 7 nitrogen and oxygen atoms in total. The van der Waals surface area contributed by atoms with Crippen LogP contribution in [-0.2, 0) is 32.1 Å². The Hall–Kier alpha value is -3.20. The van der Waals surface area contributed by atoms with Crippen LogP contribution < -0.4 is 10.6 Å². The van der Waals surface area contributed by atoms with Crippen LogP contribution in [0.1, 0.15) is 24.5 Å². The molecule has 2 amide bonds. The van der Waals surface area contributed by atoms with E-state index in [4.69, 9.17) is 4.74 Å². The van der Waals surface area contributed by atoms with Crippen molar-refractivity contribution < 1.29 is 28.3 Å². The number of benzene rings is 2. The lowest BCUT2D eigenvalue weighted by Crippen LogP contribution is -2.41. The Morgan fingerprint density at radius 2 is 1.61 bits per heavy atom. The molecule has 2 aromatic carbocycles. The number of alkyl carbamates (subject to hydrolysis) is 1. The molecule has 2 N–H and O–H groups in total. The number of nitrogens with one attached hydrogen (secondary N) is 2. The summed E-state index contributed by atoms with van der Waals surface area (Å²) in [5.74, 6) is -0.939. The first-order valence-electron chi connectivity index (χ1n) is 9.40. The summed E-state index contributed by atoms with van der Waals surface area (Å²) in [6, 6.07) is 11.5. The number of ketones is 1. The first kappa shape index (κ1) is 24.1. The van der Waals surface area contributed by atoms with E-state index in [2.05, 4.69) is 10.6 Å². The highest BCUT2D eigenvalue weighted by Crippen LogP contribution is 2.12. The predicted octanol–water partition coefficient (Wildman–Crippen LogP) is 3.47. The molecule has 164 valence electrons. The molecule has 0 aliphatic rings. The van der Waals surface area contributed by atoms with Gasteiger partial charge in [0, 0.05) is 12.1 Å². The first-order chi connectivity index (χ1) is 14.8. The van der Waals surface area contributed by atoms with Crippen LogP contribution in [-0.4, -0.2) is 35.2 Å². The van der Waals surface area contributed by atoms with Gasteiger partial charge in [-0.1, -0.05) is 36.0 Å². The van der Waals surface area contributed by atoms with Crippen LogP contribution in [0.5, 0.6) is 0 Å². The van der Waals surface area contributed by atoms with Crippen molar-refractivity contribution in [1.82, 2.24) is 5.32 Å². The summed E-state index contributed by atoms with van der Waals surface area (Å²) >= 11 is 0.986. The molecular weight excluding hydrogens is 423 g/mol. The van der Waals surface area contributed by atoms with Gasteiger partial charge in [-0.15, -0.1) is 0 Å². The Balaban J connectivity index is 1.81. The maximum absolute atomic E-state index is 12.9. The van der Waals surface area contributed by atoms with E-state index >= 15 is 0 Å². The molecule has 0 aliphatic carbocycles. The van der Waals surface area contributed by atoms with Crippen molar-refractivity contribution in [3.05, 3.63) is 65.5 Å². The van der Waals surface area contributed by atoms with Gasteiger partial charge in [0.25, 0.3) is 0 Å². The van der Waals surface area contributed by atoms with Gasteiger partial charge in [0.1, 0.15) is 12.4 Å². The molecule has 0 aliphatic heterocycles. The molecule has 0 unspecified atom stereocenters. The molecule has 2 aromatic rings. The molecule has 9 heteroatoms. The van der Waals surface area contributed by atoms with E-state index in [0.29, 0.717) is 16.8 Å². The largest absolute Gasteiger partial charge is 0.445 e. The van der Waals surface area contributed by atoms with E-state index in [9.17, 15) is 23.6 Å². The molecule has 0 bridgehead atoms. The van der Waals surface area contributed by atoms with Crippen molar-refractivity contribution in [2.24, 2.45) is 0 Å². The third-order valence-corrected chi connectivity index (χ3v) is 4.89. The summed E-state index contributed by atoms with van der Waals surface area (Å²) in [4.78, 5) is 47.1. The SMILES string of the molecule is CSC(=O)C[C@H](NC(=O)OCc1ccc(NC(=O)Cc2ccc(F)cc2)cc1)C(C)=O. The van der Waals surface area contributed by atoms with Crippen LogP contribution in [0.25, 0.3) is 0 Å². The van der Waals surface area contributed by atoms with Crippen LogP contribution >= 0.6 is 11.8 Å². The lowest BCUT2D eigenvalue weighted by molar-refractivity contribution is -0.121. The summed E-state index contributed by atoms with van der Waals surface area (Å²) in [5, 5.41) is 4.92. The van der Waals surface area contributed by atoms with Gasteiger partial charge < -0.3 is 15.4 Å². The van der Waals surface area contributed by atoms with E-state index in [-0.39, 0.29) is 42.1 Å². The average Bonchev–Trinajstić information content (AvgIpc) is 2.74. The number of carbonyl (C=O) groups is 4. The second-order valence-electron chi connectivity index (χ2n) is 6.71. The molecular formula is C22H23FN2O5S. The van der Waals surface area contributed by atoms with Crippen LogP contribution in [0.2, 0.25) is 0 Å². The maximum Gasteiger partial charge on any atom is 0.408 e. The number of Topliss-reactive ketones (excluding diaryl/α,β-unsaturated/α-hetero) is 1. The van der Waals surface area contributed by atoms with Gasteiger partial charge in [0.2, 0.25) is 5.91 Å². The van der Waals surface area contributed by atoms with Gasteiger partial charge in [-0.3, -0.25) is 14.4 Å². The quantitative estimate of drug-likeness (QED) is 0.612. The van der Waals surface area contributed by atoms with Crippen LogP contribution in [0, 0.1) is 5.82 Å². The zero-order valence-corrected chi connectivity index (χ0v) is 18.0. The number of hydrogen-bond acceptors (Lipinski definition) is 6. The zero-order chi connectivity index (χ0) is 22.8. The van der Waals surface area contributed by atoms with Crippen LogP contribution in [0.15, 0.2) is 48.5 Å². The Kier molecular flexibility index (Phi) is 9.20. The summed E-state index contributed by atoms with van der Waals surface area (Å²) < 4.78 is 18.0. The van der Waals surface area contributed by atoms with Crippen molar-refractivity contribution in [3.8, 4) is 0 Å². The minimum atomic E-state index is -0.925. The predicted molar refractivity (Wildman–Crippen MR) is 116 cm³/mol. The number of rotatable bonds is 9. The molecule has 1 atom stereocenters.